The second-order valence-electron chi connectivity index (χ2n) is 6.60. The van der Waals surface area contributed by atoms with Crippen LogP contribution in [0.15, 0.2) is 73.2 Å². The summed E-state index contributed by atoms with van der Waals surface area (Å²) in [7, 11) is 0. The number of para-hydroxylation sites is 1. The van der Waals surface area contributed by atoms with E-state index < -0.39 is 0 Å². The molecule has 136 valence electrons. The molecule has 0 bridgehead atoms. The molecule has 0 aliphatic rings. The Labute approximate surface area is 158 Å². The van der Waals surface area contributed by atoms with Gasteiger partial charge in [-0.1, -0.05) is 48.5 Å². The van der Waals surface area contributed by atoms with Crippen LogP contribution >= 0.6 is 0 Å². The number of rotatable bonds is 7. The second kappa shape index (κ2) is 7.91. The van der Waals surface area contributed by atoms with E-state index in [4.69, 9.17) is 0 Å². The van der Waals surface area contributed by atoms with Gasteiger partial charge in [-0.2, -0.15) is 0 Å². The lowest BCUT2D eigenvalue weighted by atomic mass is 10.1. The first-order valence-electron chi connectivity index (χ1n) is 9.22. The number of hydrogen-bond donors (Lipinski definition) is 3. The highest BCUT2D eigenvalue weighted by molar-refractivity contribution is 5.83. The third-order valence-electron chi connectivity index (χ3n) is 4.71. The van der Waals surface area contributed by atoms with Crippen molar-refractivity contribution in [3.63, 3.8) is 0 Å². The third kappa shape index (κ3) is 4.08. The van der Waals surface area contributed by atoms with Gasteiger partial charge in [-0.3, -0.25) is 0 Å². The molecule has 0 aliphatic carbocycles. The fraction of sp³-hybridized carbons (Fsp3) is 0.182. The van der Waals surface area contributed by atoms with Crippen molar-refractivity contribution in [2.24, 2.45) is 0 Å². The lowest BCUT2D eigenvalue weighted by molar-refractivity contribution is 0.871. The predicted molar refractivity (Wildman–Crippen MR) is 111 cm³/mol. The van der Waals surface area contributed by atoms with Gasteiger partial charge in [-0.25, -0.2) is 9.97 Å². The summed E-state index contributed by atoms with van der Waals surface area (Å²) in [6, 6.07) is 20.8. The van der Waals surface area contributed by atoms with Crippen molar-refractivity contribution < 1.29 is 0 Å². The third-order valence-corrected chi connectivity index (χ3v) is 4.71. The van der Waals surface area contributed by atoms with Gasteiger partial charge >= 0.3 is 0 Å². The molecule has 0 saturated heterocycles. The molecule has 0 radical (unpaired) electrons. The van der Waals surface area contributed by atoms with Gasteiger partial charge < -0.3 is 15.6 Å². The standard InChI is InChI=1S/C22H23N5/c1-16(17-7-3-2-4-8-17)27-22-13-21(25-15-26-22)23-12-11-18-14-24-20-10-6-5-9-19(18)20/h2-10,13-16,24H,11-12H2,1H3,(H2,23,25,26,27). The number of nitrogens with one attached hydrogen (secondary N) is 3. The highest BCUT2D eigenvalue weighted by Crippen LogP contribution is 2.20. The van der Waals surface area contributed by atoms with Crippen LogP contribution in [0.1, 0.15) is 24.1 Å². The Bertz CT molecular complexity index is 1010. The van der Waals surface area contributed by atoms with Crippen LogP contribution in [0.2, 0.25) is 0 Å². The molecule has 1 atom stereocenters. The summed E-state index contributed by atoms with van der Waals surface area (Å²) in [5.74, 6) is 1.64. The summed E-state index contributed by atoms with van der Waals surface area (Å²) in [5, 5.41) is 8.11. The molecule has 0 saturated carbocycles. The fourth-order valence-corrected chi connectivity index (χ4v) is 3.24. The van der Waals surface area contributed by atoms with Crippen LogP contribution in [0, 0.1) is 0 Å². The summed E-state index contributed by atoms with van der Waals surface area (Å²) >= 11 is 0. The molecule has 2 heterocycles. The van der Waals surface area contributed by atoms with Gasteiger partial charge in [-0.05, 0) is 30.5 Å². The van der Waals surface area contributed by atoms with Gasteiger partial charge in [0.25, 0.3) is 0 Å². The van der Waals surface area contributed by atoms with Crippen molar-refractivity contribution in [2.75, 3.05) is 17.2 Å². The van der Waals surface area contributed by atoms with Gasteiger partial charge in [0.2, 0.25) is 0 Å². The van der Waals surface area contributed by atoms with Gasteiger partial charge in [0.15, 0.2) is 0 Å². The Morgan fingerprint density at radius 2 is 1.74 bits per heavy atom. The van der Waals surface area contributed by atoms with Crippen LogP contribution in [0.3, 0.4) is 0 Å². The van der Waals surface area contributed by atoms with Crippen LogP contribution < -0.4 is 10.6 Å². The van der Waals surface area contributed by atoms with Crippen LogP contribution in [0.4, 0.5) is 11.6 Å². The Morgan fingerprint density at radius 1 is 0.963 bits per heavy atom. The molecule has 0 amide bonds. The Kier molecular flexibility index (Phi) is 5.01. The zero-order valence-corrected chi connectivity index (χ0v) is 15.3. The minimum absolute atomic E-state index is 0.181. The monoisotopic (exact) mass is 357 g/mol. The SMILES string of the molecule is CC(Nc1cc(NCCc2c[nH]c3ccccc23)ncn1)c1ccccc1. The molecular formula is C22H23N5. The minimum Gasteiger partial charge on any atom is -0.370 e. The maximum atomic E-state index is 4.34. The number of nitrogens with zero attached hydrogens (tertiary/aromatic N) is 2. The summed E-state index contributed by atoms with van der Waals surface area (Å²) < 4.78 is 0. The van der Waals surface area contributed by atoms with E-state index in [1.54, 1.807) is 6.33 Å². The second-order valence-corrected chi connectivity index (χ2v) is 6.60. The molecule has 4 aromatic rings. The first-order chi connectivity index (χ1) is 13.3. The van der Waals surface area contributed by atoms with Crippen molar-refractivity contribution in [3.8, 4) is 0 Å². The van der Waals surface area contributed by atoms with Gasteiger partial charge in [-0.15, -0.1) is 0 Å². The van der Waals surface area contributed by atoms with E-state index in [2.05, 4.69) is 69.0 Å². The number of benzene rings is 2. The number of fused-ring (bicyclic) bond motifs is 1. The highest BCUT2D eigenvalue weighted by Gasteiger charge is 2.07. The molecule has 4 rings (SSSR count). The van der Waals surface area contributed by atoms with Gasteiger partial charge in [0, 0.05) is 35.8 Å². The Balaban J connectivity index is 1.36. The van der Waals surface area contributed by atoms with Crippen molar-refractivity contribution in [3.05, 3.63) is 84.3 Å². The number of anilines is 2. The lowest BCUT2D eigenvalue weighted by Crippen LogP contribution is -2.10. The largest absolute Gasteiger partial charge is 0.370 e. The fourth-order valence-electron chi connectivity index (χ4n) is 3.24. The number of aromatic nitrogens is 3. The van der Waals surface area contributed by atoms with Crippen molar-refractivity contribution in [2.45, 2.75) is 19.4 Å². The van der Waals surface area contributed by atoms with Gasteiger partial charge in [0.05, 0.1) is 0 Å². The van der Waals surface area contributed by atoms with Crippen molar-refractivity contribution in [1.29, 1.82) is 0 Å². The molecular weight excluding hydrogens is 334 g/mol. The average Bonchev–Trinajstić information content (AvgIpc) is 3.12. The molecule has 0 spiro atoms. The summed E-state index contributed by atoms with van der Waals surface area (Å²) in [6.07, 6.45) is 4.60. The zero-order chi connectivity index (χ0) is 18.5. The molecule has 5 nitrogen and oxygen atoms in total. The van der Waals surface area contributed by atoms with Crippen molar-refractivity contribution in [1.82, 2.24) is 15.0 Å². The van der Waals surface area contributed by atoms with E-state index in [0.717, 1.165) is 24.6 Å². The Morgan fingerprint density at radius 3 is 2.63 bits per heavy atom. The first kappa shape index (κ1) is 17.1. The van der Waals surface area contributed by atoms with E-state index in [1.165, 1.54) is 22.0 Å². The molecule has 2 aromatic heterocycles. The molecule has 27 heavy (non-hydrogen) atoms. The maximum Gasteiger partial charge on any atom is 0.131 e. The number of H-pyrrole nitrogens is 1. The lowest BCUT2D eigenvalue weighted by Gasteiger charge is -2.15. The smallest absolute Gasteiger partial charge is 0.131 e. The quantitative estimate of drug-likeness (QED) is 0.445. The highest BCUT2D eigenvalue weighted by atomic mass is 15.1. The Hall–Kier alpha value is -3.34. The molecule has 5 heteroatoms. The molecule has 0 aliphatic heterocycles. The van der Waals surface area contributed by atoms with Crippen LogP contribution in [0.25, 0.3) is 10.9 Å². The zero-order valence-electron chi connectivity index (χ0n) is 15.3. The molecule has 1 unspecified atom stereocenters. The van der Waals surface area contributed by atoms with E-state index in [1.807, 2.05) is 30.3 Å². The van der Waals surface area contributed by atoms with E-state index in [0.29, 0.717) is 0 Å². The van der Waals surface area contributed by atoms with E-state index in [-0.39, 0.29) is 6.04 Å². The maximum absolute atomic E-state index is 4.34. The van der Waals surface area contributed by atoms with E-state index in [9.17, 15) is 0 Å². The average molecular weight is 357 g/mol. The summed E-state index contributed by atoms with van der Waals surface area (Å²) in [6.45, 7) is 2.94. The van der Waals surface area contributed by atoms with Crippen molar-refractivity contribution >= 4 is 22.5 Å². The van der Waals surface area contributed by atoms with E-state index >= 15 is 0 Å². The minimum atomic E-state index is 0.181. The number of hydrogen-bond acceptors (Lipinski definition) is 4. The first-order valence-corrected chi connectivity index (χ1v) is 9.22. The van der Waals surface area contributed by atoms with Crippen LogP contribution in [0.5, 0.6) is 0 Å². The molecule has 0 fully saturated rings. The van der Waals surface area contributed by atoms with Gasteiger partial charge in [0.1, 0.15) is 18.0 Å². The normalized spacial score (nSPS) is 12.0. The predicted octanol–water partition coefficient (Wildman–Crippen LogP) is 4.79. The summed E-state index contributed by atoms with van der Waals surface area (Å²) in [5.41, 5.74) is 3.71. The number of aromatic amines is 1. The van der Waals surface area contributed by atoms with Crippen LogP contribution in [-0.2, 0) is 6.42 Å². The van der Waals surface area contributed by atoms with Crippen LogP contribution in [-0.4, -0.2) is 21.5 Å². The topological polar surface area (TPSA) is 65.6 Å². The summed E-state index contributed by atoms with van der Waals surface area (Å²) in [4.78, 5) is 12.0. The molecule has 2 aromatic carbocycles. The molecule has 3 N–H and O–H groups in total.